The predicted molar refractivity (Wildman–Crippen MR) is 213 cm³/mol. The van der Waals surface area contributed by atoms with Gasteiger partial charge >= 0.3 is 5.97 Å². The number of unbranched alkanes of at least 4 members (excludes halogenated alkanes) is 16. The number of ether oxygens (including phenoxy) is 3. The third kappa shape index (κ3) is 22.3. The van der Waals surface area contributed by atoms with Gasteiger partial charge in [0.2, 0.25) is 0 Å². The molecule has 5 heteroatoms. The summed E-state index contributed by atoms with van der Waals surface area (Å²) < 4.78 is 19.4. The van der Waals surface area contributed by atoms with Gasteiger partial charge in [-0.1, -0.05) is 140 Å². The topological polar surface area (TPSA) is 48.0 Å². The standard InChI is InChI=1S/C45H79NO4/c1-5-7-9-11-13-15-17-19-21-23-25-27-29-31-33-36-45(37-34-32-30-28-26-24-22-20-18-16-14-12-10-8-6-2)49-42-39-41(40-43(42)50-45)48-44(47)35-38-46(3)4/h11-14,17-20,41-43H,5-10,15-16,21-40H2,1-4H3/b13-11-,14-12-,19-17-,20-18-/t41-,42-,43+. The van der Waals surface area contributed by atoms with Gasteiger partial charge in [-0.15, -0.1) is 0 Å². The van der Waals surface area contributed by atoms with Crippen LogP contribution in [0.3, 0.4) is 0 Å². The molecule has 0 unspecified atom stereocenters. The molecule has 1 saturated carbocycles. The first-order chi connectivity index (χ1) is 24.5. The Morgan fingerprint density at radius 3 is 1.42 bits per heavy atom. The molecule has 0 bridgehead atoms. The molecule has 0 radical (unpaired) electrons. The number of esters is 1. The van der Waals surface area contributed by atoms with Crippen molar-refractivity contribution in [1.29, 1.82) is 0 Å². The number of hydrogen-bond acceptors (Lipinski definition) is 5. The van der Waals surface area contributed by atoms with Gasteiger partial charge in [0.1, 0.15) is 6.10 Å². The Hall–Kier alpha value is -1.69. The van der Waals surface area contributed by atoms with E-state index in [2.05, 4.69) is 62.5 Å². The second kappa shape index (κ2) is 29.8. The largest absolute Gasteiger partial charge is 0.462 e. The summed E-state index contributed by atoms with van der Waals surface area (Å²) in [4.78, 5) is 14.4. The predicted octanol–water partition coefficient (Wildman–Crippen LogP) is 12.8. The van der Waals surface area contributed by atoms with Gasteiger partial charge in [-0.3, -0.25) is 4.79 Å². The molecule has 50 heavy (non-hydrogen) atoms. The summed E-state index contributed by atoms with van der Waals surface area (Å²) in [5, 5.41) is 0. The van der Waals surface area contributed by atoms with E-state index in [4.69, 9.17) is 14.2 Å². The molecule has 1 aliphatic heterocycles. The molecule has 1 heterocycles. The van der Waals surface area contributed by atoms with Gasteiger partial charge in [-0.25, -0.2) is 0 Å². The van der Waals surface area contributed by atoms with Crippen LogP contribution in [0.2, 0.25) is 0 Å². The van der Waals surface area contributed by atoms with Crippen molar-refractivity contribution >= 4 is 5.97 Å². The van der Waals surface area contributed by atoms with Crippen molar-refractivity contribution in [3.05, 3.63) is 48.6 Å². The van der Waals surface area contributed by atoms with Crippen LogP contribution in [-0.4, -0.2) is 55.6 Å². The van der Waals surface area contributed by atoms with Crippen LogP contribution in [-0.2, 0) is 19.0 Å². The fourth-order valence-electron chi connectivity index (χ4n) is 7.15. The second-order valence-electron chi connectivity index (χ2n) is 15.3. The number of rotatable bonds is 32. The maximum absolute atomic E-state index is 12.3. The van der Waals surface area contributed by atoms with Gasteiger partial charge in [-0.05, 0) is 78.3 Å². The van der Waals surface area contributed by atoms with Gasteiger partial charge in [-0.2, -0.15) is 0 Å². The van der Waals surface area contributed by atoms with E-state index in [1.165, 1.54) is 116 Å². The lowest BCUT2D eigenvalue weighted by Crippen LogP contribution is -2.33. The molecule has 288 valence electrons. The molecule has 0 aromatic rings. The summed E-state index contributed by atoms with van der Waals surface area (Å²) in [6, 6.07) is 0. The SMILES string of the molecule is CCCC/C=C\C/C=C\CCCCCCCCC1(CCCCCCCC/C=C\C/C=C\CCCC)O[C@H]2C[C@H](OC(=O)CCN(C)C)C[C@H]2O1. The average Bonchev–Trinajstić information content (AvgIpc) is 3.62. The van der Waals surface area contributed by atoms with Crippen molar-refractivity contribution in [3.8, 4) is 0 Å². The van der Waals surface area contributed by atoms with Crippen LogP contribution in [0.1, 0.15) is 187 Å². The van der Waals surface area contributed by atoms with Crippen molar-refractivity contribution in [2.45, 2.75) is 211 Å². The fraction of sp³-hybridized carbons (Fsp3) is 0.800. The molecule has 0 aromatic carbocycles. The van der Waals surface area contributed by atoms with Crippen LogP contribution in [0.15, 0.2) is 48.6 Å². The molecule has 0 aromatic heterocycles. The number of carbonyl (C=O) groups excluding carboxylic acids is 1. The zero-order valence-corrected chi connectivity index (χ0v) is 33.2. The first-order valence-corrected chi connectivity index (χ1v) is 21.3. The maximum atomic E-state index is 12.3. The minimum atomic E-state index is -0.444. The monoisotopic (exact) mass is 698 g/mol. The Balaban J connectivity index is 1.65. The van der Waals surface area contributed by atoms with Gasteiger partial charge in [0.25, 0.3) is 0 Å². The van der Waals surface area contributed by atoms with Crippen LogP contribution in [0, 0.1) is 0 Å². The smallest absolute Gasteiger partial charge is 0.307 e. The average molecular weight is 698 g/mol. The third-order valence-corrected chi connectivity index (χ3v) is 10.2. The Kier molecular flexibility index (Phi) is 26.5. The fourth-order valence-corrected chi connectivity index (χ4v) is 7.15. The van der Waals surface area contributed by atoms with Crippen molar-refractivity contribution in [2.24, 2.45) is 0 Å². The van der Waals surface area contributed by atoms with Gasteiger partial charge in [0.05, 0.1) is 18.6 Å². The lowest BCUT2D eigenvalue weighted by molar-refractivity contribution is -0.196. The number of hydrogen-bond donors (Lipinski definition) is 0. The van der Waals surface area contributed by atoms with Crippen molar-refractivity contribution < 1.29 is 19.0 Å². The normalized spacial score (nSPS) is 20.5. The third-order valence-electron chi connectivity index (χ3n) is 10.2. The van der Waals surface area contributed by atoms with Crippen molar-refractivity contribution in [1.82, 2.24) is 4.90 Å². The molecule has 0 N–H and O–H groups in total. The minimum Gasteiger partial charge on any atom is -0.462 e. The summed E-state index contributed by atoms with van der Waals surface area (Å²) >= 11 is 0. The Morgan fingerprint density at radius 2 is 1.00 bits per heavy atom. The van der Waals surface area contributed by atoms with Gasteiger partial charge in [0, 0.05) is 32.2 Å². The summed E-state index contributed by atoms with van der Waals surface area (Å²) in [6.07, 6.45) is 50.1. The van der Waals surface area contributed by atoms with E-state index in [0.29, 0.717) is 6.42 Å². The molecule has 1 aliphatic carbocycles. The van der Waals surface area contributed by atoms with E-state index < -0.39 is 5.79 Å². The molecule has 0 spiro atoms. The molecule has 0 amide bonds. The number of carbonyl (C=O) groups is 1. The van der Waals surface area contributed by atoms with E-state index in [1.807, 2.05) is 19.0 Å². The summed E-state index contributed by atoms with van der Waals surface area (Å²) in [5.74, 6) is -0.548. The number of fused-ring (bicyclic) bond motifs is 1. The van der Waals surface area contributed by atoms with Crippen LogP contribution in [0.5, 0.6) is 0 Å². The molecular formula is C45H79NO4. The first kappa shape index (κ1) is 44.5. The summed E-state index contributed by atoms with van der Waals surface area (Å²) in [5.41, 5.74) is 0. The van der Waals surface area contributed by atoms with E-state index in [9.17, 15) is 4.79 Å². The maximum Gasteiger partial charge on any atom is 0.307 e. The number of nitrogens with zero attached hydrogens (tertiary/aromatic N) is 1. The van der Waals surface area contributed by atoms with Crippen LogP contribution in [0.4, 0.5) is 0 Å². The second-order valence-corrected chi connectivity index (χ2v) is 15.3. The Morgan fingerprint density at radius 1 is 0.600 bits per heavy atom. The van der Waals surface area contributed by atoms with E-state index >= 15 is 0 Å². The number of allylic oxidation sites excluding steroid dienone is 8. The molecule has 1 saturated heterocycles. The van der Waals surface area contributed by atoms with Crippen LogP contribution >= 0.6 is 0 Å². The lowest BCUT2D eigenvalue weighted by Gasteiger charge is -2.30. The highest BCUT2D eigenvalue weighted by atomic mass is 16.8. The van der Waals surface area contributed by atoms with E-state index in [-0.39, 0.29) is 24.3 Å². The zero-order valence-electron chi connectivity index (χ0n) is 33.2. The molecule has 2 fully saturated rings. The zero-order chi connectivity index (χ0) is 36.0. The Labute approximate surface area is 309 Å². The van der Waals surface area contributed by atoms with Crippen LogP contribution in [0.25, 0.3) is 0 Å². The molecule has 5 nitrogen and oxygen atoms in total. The van der Waals surface area contributed by atoms with E-state index in [0.717, 1.165) is 57.9 Å². The molecular weight excluding hydrogens is 618 g/mol. The molecule has 2 rings (SSSR count). The lowest BCUT2D eigenvalue weighted by atomic mass is 9.98. The minimum absolute atomic E-state index is 0.0569. The highest BCUT2D eigenvalue weighted by Gasteiger charge is 2.52. The van der Waals surface area contributed by atoms with E-state index in [1.54, 1.807) is 0 Å². The highest BCUT2D eigenvalue weighted by Crippen LogP contribution is 2.44. The van der Waals surface area contributed by atoms with Gasteiger partial charge < -0.3 is 19.1 Å². The van der Waals surface area contributed by atoms with Crippen molar-refractivity contribution in [3.63, 3.8) is 0 Å². The molecule has 3 atom stereocenters. The van der Waals surface area contributed by atoms with Crippen LogP contribution < -0.4 is 0 Å². The summed E-state index contributed by atoms with van der Waals surface area (Å²) in [6.45, 7) is 5.22. The Bertz CT molecular complexity index is 875. The van der Waals surface area contributed by atoms with Gasteiger partial charge in [0.15, 0.2) is 5.79 Å². The summed E-state index contributed by atoms with van der Waals surface area (Å²) in [7, 11) is 3.97. The van der Waals surface area contributed by atoms with Crippen molar-refractivity contribution in [2.75, 3.05) is 20.6 Å². The quantitative estimate of drug-likeness (QED) is 0.0398. The highest BCUT2D eigenvalue weighted by molar-refractivity contribution is 5.69. The molecule has 2 aliphatic rings. The first-order valence-electron chi connectivity index (χ1n) is 21.3.